The second-order valence-corrected chi connectivity index (χ2v) is 7.66. The third-order valence-corrected chi connectivity index (χ3v) is 5.80. The molecule has 1 aromatic heterocycles. The zero-order valence-electron chi connectivity index (χ0n) is 13.4. The van der Waals surface area contributed by atoms with Crippen molar-refractivity contribution in [2.75, 3.05) is 19.7 Å². The number of ether oxygens (including phenoxy) is 1. The van der Waals surface area contributed by atoms with E-state index >= 15 is 0 Å². The molecule has 3 rings (SSSR count). The van der Waals surface area contributed by atoms with E-state index in [0.717, 1.165) is 29.2 Å². The van der Waals surface area contributed by atoms with E-state index in [9.17, 15) is 5.11 Å². The van der Waals surface area contributed by atoms with Crippen molar-refractivity contribution in [3.63, 3.8) is 0 Å². The van der Waals surface area contributed by atoms with E-state index in [-0.39, 0.29) is 12.2 Å². The zero-order chi connectivity index (χ0) is 15.4. The highest BCUT2D eigenvalue weighted by Crippen LogP contribution is 2.34. The van der Waals surface area contributed by atoms with Gasteiger partial charge in [-0.15, -0.1) is 0 Å². The third-order valence-electron chi connectivity index (χ3n) is 4.54. The predicted molar refractivity (Wildman–Crippen MR) is 88.1 cm³/mol. The minimum atomic E-state index is -0.383. The van der Waals surface area contributed by atoms with Gasteiger partial charge in [-0.2, -0.15) is 0 Å². The van der Waals surface area contributed by atoms with Crippen molar-refractivity contribution in [1.29, 1.82) is 0 Å². The van der Waals surface area contributed by atoms with Gasteiger partial charge in [0.15, 0.2) is 5.09 Å². The van der Waals surface area contributed by atoms with Gasteiger partial charge in [-0.05, 0) is 31.9 Å². The van der Waals surface area contributed by atoms with Gasteiger partial charge in [0.05, 0.1) is 18.8 Å². The maximum absolute atomic E-state index is 9.99. The monoisotopic (exact) mass is 325 g/mol. The van der Waals surface area contributed by atoms with Crippen LogP contribution in [0.3, 0.4) is 0 Å². The fraction of sp³-hybridized carbons (Fsp3) is 0.765. The summed E-state index contributed by atoms with van der Waals surface area (Å²) in [7, 11) is 0. The second kappa shape index (κ2) is 7.86. The summed E-state index contributed by atoms with van der Waals surface area (Å²) in [4.78, 5) is 2.21. The van der Waals surface area contributed by atoms with Gasteiger partial charge in [-0.3, -0.25) is 4.90 Å². The first kappa shape index (κ1) is 16.4. The van der Waals surface area contributed by atoms with Gasteiger partial charge in [0, 0.05) is 24.9 Å². The molecule has 2 heterocycles. The number of aliphatic hydroxyl groups is 1. The lowest BCUT2D eigenvalue weighted by molar-refractivity contribution is -0.00247. The molecule has 2 atom stereocenters. The molecule has 22 heavy (non-hydrogen) atoms. The Morgan fingerprint density at radius 3 is 2.86 bits per heavy atom. The van der Waals surface area contributed by atoms with E-state index in [1.54, 1.807) is 0 Å². The topological polar surface area (TPSA) is 45.8 Å². The standard InChI is InChI=1S/C17H27NO3S/c1-2-20-16-12-18(11-15(16)19)10-13-8-9-17(21-13)22-14-6-4-3-5-7-14/h8-9,14-16,19H,2-7,10-12H2,1H3/t15-,16-/m1/s1. The molecule has 0 spiro atoms. The van der Waals surface area contributed by atoms with E-state index in [2.05, 4.69) is 17.0 Å². The highest BCUT2D eigenvalue weighted by Gasteiger charge is 2.32. The number of likely N-dealkylation sites (tertiary alicyclic amines) is 1. The van der Waals surface area contributed by atoms with Gasteiger partial charge < -0.3 is 14.3 Å². The molecular weight excluding hydrogens is 298 g/mol. The molecule has 4 nitrogen and oxygen atoms in total. The van der Waals surface area contributed by atoms with Crippen LogP contribution in [0.5, 0.6) is 0 Å². The number of hydrogen-bond donors (Lipinski definition) is 1. The molecule has 0 amide bonds. The van der Waals surface area contributed by atoms with E-state index in [0.29, 0.717) is 13.2 Å². The Morgan fingerprint density at radius 2 is 2.09 bits per heavy atom. The quantitative estimate of drug-likeness (QED) is 0.869. The smallest absolute Gasteiger partial charge is 0.160 e. The van der Waals surface area contributed by atoms with Gasteiger partial charge in [0.2, 0.25) is 0 Å². The summed E-state index contributed by atoms with van der Waals surface area (Å²) in [6.45, 7) is 4.82. The largest absolute Gasteiger partial charge is 0.454 e. The number of aliphatic hydroxyl groups excluding tert-OH is 1. The van der Waals surface area contributed by atoms with Crippen molar-refractivity contribution in [3.05, 3.63) is 17.9 Å². The molecule has 0 aromatic carbocycles. The number of rotatable bonds is 6. The highest BCUT2D eigenvalue weighted by atomic mass is 32.2. The van der Waals surface area contributed by atoms with Crippen molar-refractivity contribution in [2.24, 2.45) is 0 Å². The van der Waals surface area contributed by atoms with Crippen LogP contribution in [0.1, 0.15) is 44.8 Å². The number of thioether (sulfide) groups is 1. The van der Waals surface area contributed by atoms with Crippen LogP contribution in [0.25, 0.3) is 0 Å². The first-order valence-corrected chi connectivity index (χ1v) is 9.40. The van der Waals surface area contributed by atoms with Gasteiger partial charge in [-0.25, -0.2) is 0 Å². The molecule has 1 saturated carbocycles. The maximum Gasteiger partial charge on any atom is 0.160 e. The molecule has 0 radical (unpaired) electrons. The molecule has 5 heteroatoms. The Morgan fingerprint density at radius 1 is 1.27 bits per heavy atom. The SMILES string of the molecule is CCO[C@@H]1CN(Cc2ccc(SC3CCCCC3)o2)C[C@H]1O. The molecule has 2 fully saturated rings. The summed E-state index contributed by atoms with van der Waals surface area (Å²) in [5, 5.41) is 11.8. The molecule has 1 N–H and O–H groups in total. The number of hydrogen-bond acceptors (Lipinski definition) is 5. The first-order valence-electron chi connectivity index (χ1n) is 8.52. The molecule has 1 aromatic rings. The van der Waals surface area contributed by atoms with Gasteiger partial charge in [0.1, 0.15) is 5.76 Å². The van der Waals surface area contributed by atoms with Gasteiger partial charge in [0.25, 0.3) is 0 Å². The van der Waals surface area contributed by atoms with Crippen LogP contribution in [-0.2, 0) is 11.3 Å². The zero-order valence-corrected chi connectivity index (χ0v) is 14.2. The second-order valence-electron chi connectivity index (χ2n) is 6.35. The van der Waals surface area contributed by atoms with E-state index in [4.69, 9.17) is 9.15 Å². The van der Waals surface area contributed by atoms with E-state index in [1.165, 1.54) is 32.1 Å². The predicted octanol–water partition coefficient (Wildman–Crippen LogP) is 3.29. The molecule has 124 valence electrons. The fourth-order valence-electron chi connectivity index (χ4n) is 3.41. The number of nitrogens with zero attached hydrogens (tertiary/aromatic N) is 1. The summed E-state index contributed by atoms with van der Waals surface area (Å²) in [5.74, 6) is 0.989. The van der Waals surface area contributed by atoms with Gasteiger partial charge in [-0.1, -0.05) is 31.0 Å². The Kier molecular flexibility index (Phi) is 5.85. The summed E-state index contributed by atoms with van der Waals surface area (Å²) < 4.78 is 11.5. The Bertz CT molecular complexity index is 459. The summed E-state index contributed by atoms with van der Waals surface area (Å²) in [5.41, 5.74) is 0. The summed E-state index contributed by atoms with van der Waals surface area (Å²) >= 11 is 1.89. The molecule has 2 aliphatic rings. The number of furan rings is 1. The summed E-state index contributed by atoms with van der Waals surface area (Å²) in [6.07, 6.45) is 6.29. The lowest BCUT2D eigenvalue weighted by atomic mass is 10.0. The average Bonchev–Trinajstić information content (AvgIpc) is 3.08. The Hall–Kier alpha value is -0.490. The third kappa shape index (κ3) is 4.28. The lowest BCUT2D eigenvalue weighted by Crippen LogP contribution is -2.26. The summed E-state index contributed by atoms with van der Waals surface area (Å²) in [6, 6.07) is 4.17. The molecule has 1 saturated heterocycles. The number of β-amino-alcohol motifs (C(OH)–C–C–N with tert-alkyl or cyclic N) is 1. The van der Waals surface area contributed by atoms with Crippen LogP contribution in [0.2, 0.25) is 0 Å². The van der Waals surface area contributed by atoms with Crippen molar-refractivity contribution >= 4 is 11.8 Å². The lowest BCUT2D eigenvalue weighted by Gasteiger charge is -2.19. The van der Waals surface area contributed by atoms with Crippen molar-refractivity contribution < 1.29 is 14.3 Å². The fourth-order valence-corrected chi connectivity index (χ4v) is 4.61. The molecule has 1 aliphatic carbocycles. The van der Waals surface area contributed by atoms with E-state index in [1.807, 2.05) is 18.7 Å². The van der Waals surface area contributed by atoms with Crippen LogP contribution in [0.4, 0.5) is 0 Å². The van der Waals surface area contributed by atoms with Crippen molar-refractivity contribution in [2.45, 2.75) is 68.1 Å². The van der Waals surface area contributed by atoms with Gasteiger partial charge >= 0.3 is 0 Å². The van der Waals surface area contributed by atoms with Crippen molar-refractivity contribution in [3.8, 4) is 0 Å². The first-order chi connectivity index (χ1) is 10.7. The van der Waals surface area contributed by atoms with Crippen LogP contribution in [0.15, 0.2) is 21.6 Å². The molecule has 1 aliphatic heterocycles. The Labute approximate surface area is 137 Å². The van der Waals surface area contributed by atoms with Crippen molar-refractivity contribution in [1.82, 2.24) is 4.90 Å². The molecule has 0 bridgehead atoms. The van der Waals surface area contributed by atoms with Crippen LogP contribution >= 0.6 is 11.8 Å². The maximum atomic E-state index is 9.99. The molecule has 0 unspecified atom stereocenters. The highest BCUT2D eigenvalue weighted by molar-refractivity contribution is 7.99. The normalized spacial score (nSPS) is 27.5. The van der Waals surface area contributed by atoms with Crippen LogP contribution in [-0.4, -0.2) is 47.2 Å². The Balaban J connectivity index is 1.49. The van der Waals surface area contributed by atoms with Crippen LogP contribution < -0.4 is 0 Å². The average molecular weight is 325 g/mol. The minimum Gasteiger partial charge on any atom is -0.454 e. The van der Waals surface area contributed by atoms with Crippen LogP contribution in [0, 0.1) is 0 Å². The minimum absolute atomic E-state index is 0.0592. The molecular formula is C17H27NO3S. The van der Waals surface area contributed by atoms with E-state index < -0.39 is 0 Å².